The van der Waals surface area contributed by atoms with Gasteiger partial charge in [0.05, 0.1) is 5.69 Å². The smallest absolute Gasteiger partial charge is 0.162 e. The van der Waals surface area contributed by atoms with Crippen LogP contribution < -0.4 is 5.73 Å². The molecular formula is C11H10N4. The van der Waals surface area contributed by atoms with Crippen LogP contribution in [0.4, 0.5) is 0 Å². The minimum atomic E-state index is 0.415. The third kappa shape index (κ3) is 1.87. The molecular weight excluding hydrogens is 188 g/mol. The Bertz CT molecular complexity index is 490. The summed E-state index contributed by atoms with van der Waals surface area (Å²) in [6.45, 7) is 0.531. The van der Waals surface area contributed by atoms with E-state index in [2.05, 4.69) is 5.10 Å². The molecule has 1 aromatic heterocycles. The Hall–Kier alpha value is -2.12. The highest BCUT2D eigenvalue weighted by Gasteiger charge is 1.99. The van der Waals surface area contributed by atoms with Gasteiger partial charge in [0.25, 0.3) is 0 Å². The van der Waals surface area contributed by atoms with Gasteiger partial charge in [-0.2, -0.15) is 10.4 Å². The van der Waals surface area contributed by atoms with Crippen LogP contribution in [0.25, 0.3) is 5.69 Å². The largest absolute Gasteiger partial charge is 0.326 e. The number of rotatable bonds is 2. The van der Waals surface area contributed by atoms with Gasteiger partial charge in [0.2, 0.25) is 0 Å². The second-order valence-corrected chi connectivity index (χ2v) is 3.13. The molecule has 4 nitrogen and oxygen atoms in total. The van der Waals surface area contributed by atoms with E-state index in [9.17, 15) is 0 Å². The second kappa shape index (κ2) is 3.95. The topological polar surface area (TPSA) is 67.6 Å². The molecule has 0 spiro atoms. The van der Waals surface area contributed by atoms with E-state index in [1.807, 2.05) is 30.3 Å². The van der Waals surface area contributed by atoms with Gasteiger partial charge in [0, 0.05) is 12.7 Å². The van der Waals surface area contributed by atoms with E-state index in [1.165, 1.54) is 0 Å². The van der Waals surface area contributed by atoms with Gasteiger partial charge in [0.15, 0.2) is 5.69 Å². The Morgan fingerprint density at radius 1 is 1.27 bits per heavy atom. The van der Waals surface area contributed by atoms with E-state index in [-0.39, 0.29) is 0 Å². The molecule has 74 valence electrons. The maximum absolute atomic E-state index is 8.64. The van der Waals surface area contributed by atoms with Crippen molar-refractivity contribution in [3.8, 4) is 11.8 Å². The first-order valence-electron chi connectivity index (χ1n) is 4.58. The average molecular weight is 198 g/mol. The molecule has 0 saturated heterocycles. The summed E-state index contributed by atoms with van der Waals surface area (Å²) < 4.78 is 1.67. The first-order valence-corrected chi connectivity index (χ1v) is 4.58. The highest BCUT2D eigenvalue weighted by molar-refractivity contribution is 5.35. The Kier molecular flexibility index (Phi) is 2.48. The Morgan fingerprint density at radius 2 is 2.00 bits per heavy atom. The number of nitrogens with two attached hydrogens (primary N) is 1. The highest BCUT2D eigenvalue weighted by Crippen LogP contribution is 2.09. The molecule has 0 aliphatic carbocycles. The molecule has 0 aliphatic heterocycles. The van der Waals surface area contributed by atoms with Crippen LogP contribution >= 0.6 is 0 Å². The summed E-state index contributed by atoms with van der Waals surface area (Å²) in [5.74, 6) is 0. The Balaban J connectivity index is 2.33. The van der Waals surface area contributed by atoms with Gasteiger partial charge in [-0.15, -0.1) is 0 Å². The molecule has 1 aromatic carbocycles. The van der Waals surface area contributed by atoms with E-state index in [0.717, 1.165) is 11.3 Å². The van der Waals surface area contributed by atoms with Gasteiger partial charge in [-0.1, -0.05) is 12.1 Å². The normalized spacial score (nSPS) is 9.87. The molecule has 2 N–H and O–H groups in total. The quantitative estimate of drug-likeness (QED) is 0.788. The standard InChI is InChI=1S/C11H10N4/c12-7-9-1-3-11(4-2-9)15-6-5-10(8-13)14-15/h1-6H,7,12H2. The van der Waals surface area contributed by atoms with Gasteiger partial charge < -0.3 is 5.73 Å². The van der Waals surface area contributed by atoms with Gasteiger partial charge in [-0.3, -0.25) is 0 Å². The molecule has 1 heterocycles. The number of hydrogen-bond acceptors (Lipinski definition) is 3. The molecule has 0 atom stereocenters. The number of nitriles is 1. The molecule has 0 bridgehead atoms. The number of hydrogen-bond donors (Lipinski definition) is 1. The molecule has 0 amide bonds. The molecule has 0 saturated carbocycles. The zero-order chi connectivity index (χ0) is 10.7. The van der Waals surface area contributed by atoms with Crippen LogP contribution in [0.3, 0.4) is 0 Å². The Labute approximate surface area is 87.6 Å². The minimum Gasteiger partial charge on any atom is -0.326 e. The van der Waals surface area contributed by atoms with E-state index in [1.54, 1.807) is 16.9 Å². The van der Waals surface area contributed by atoms with Crippen molar-refractivity contribution >= 4 is 0 Å². The summed E-state index contributed by atoms with van der Waals surface area (Å²) in [6.07, 6.45) is 1.76. The van der Waals surface area contributed by atoms with Crippen molar-refractivity contribution in [3.63, 3.8) is 0 Å². The van der Waals surface area contributed by atoms with Crippen LogP contribution in [-0.4, -0.2) is 9.78 Å². The summed E-state index contributed by atoms with van der Waals surface area (Å²) in [4.78, 5) is 0. The van der Waals surface area contributed by atoms with Crippen molar-refractivity contribution < 1.29 is 0 Å². The fourth-order valence-corrected chi connectivity index (χ4v) is 1.31. The molecule has 4 heteroatoms. The lowest BCUT2D eigenvalue weighted by Crippen LogP contribution is -1.98. The van der Waals surface area contributed by atoms with Crippen molar-refractivity contribution in [2.45, 2.75) is 6.54 Å². The fraction of sp³-hybridized carbons (Fsp3) is 0.0909. The first-order chi connectivity index (χ1) is 7.33. The molecule has 0 radical (unpaired) electrons. The van der Waals surface area contributed by atoms with Crippen LogP contribution in [-0.2, 0) is 6.54 Å². The lowest BCUT2D eigenvalue weighted by Gasteiger charge is -2.01. The van der Waals surface area contributed by atoms with Crippen LogP contribution in [0.15, 0.2) is 36.5 Å². The molecule has 0 fully saturated rings. The maximum Gasteiger partial charge on any atom is 0.162 e. The molecule has 2 rings (SSSR count). The zero-order valence-corrected chi connectivity index (χ0v) is 8.09. The first kappa shape index (κ1) is 9.44. The number of aromatic nitrogens is 2. The highest BCUT2D eigenvalue weighted by atomic mass is 15.3. The predicted octanol–water partition coefficient (Wildman–Crippen LogP) is 1.20. The third-order valence-corrected chi connectivity index (χ3v) is 2.14. The van der Waals surface area contributed by atoms with E-state index in [0.29, 0.717) is 12.2 Å². The monoisotopic (exact) mass is 198 g/mol. The number of nitrogens with zero attached hydrogens (tertiary/aromatic N) is 3. The van der Waals surface area contributed by atoms with Gasteiger partial charge in [-0.05, 0) is 23.8 Å². The van der Waals surface area contributed by atoms with Crippen molar-refractivity contribution in [2.75, 3.05) is 0 Å². The van der Waals surface area contributed by atoms with Crippen LogP contribution in [0.1, 0.15) is 11.3 Å². The zero-order valence-electron chi connectivity index (χ0n) is 8.09. The summed E-state index contributed by atoms with van der Waals surface area (Å²) in [5.41, 5.74) is 7.91. The SMILES string of the molecule is N#Cc1ccn(-c2ccc(CN)cc2)n1. The van der Waals surface area contributed by atoms with Crippen LogP contribution in [0.2, 0.25) is 0 Å². The predicted molar refractivity (Wildman–Crippen MR) is 56.2 cm³/mol. The van der Waals surface area contributed by atoms with Gasteiger partial charge in [0.1, 0.15) is 6.07 Å². The van der Waals surface area contributed by atoms with Crippen molar-refractivity contribution in [3.05, 3.63) is 47.8 Å². The van der Waals surface area contributed by atoms with Crippen molar-refractivity contribution in [2.24, 2.45) is 5.73 Å². The number of benzene rings is 1. The lowest BCUT2D eigenvalue weighted by atomic mass is 10.2. The molecule has 0 aliphatic rings. The minimum absolute atomic E-state index is 0.415. The van der Waals surface area contributed by atoms with Gasteiger partial charge in [-0.25, -0.2) is 4.68 Å². The maximum atomic E-state index is 8.64. The van der Waals surface area contributed by atoms with Crippen LogP contribution in [0, 0.1) is 11.3 Å². The van der Waals surface area contributed by atoms with E-state index < -0.39 is 0 Å². The van der Waals surface area contributed by atoms with E-state index >= 15 is 0 Å². The fourth-order valence-electron chi connectivity index (χ4n) is 1.31. The van der Waals surface area contributed by atoms with E-state index in [4.69, 9.17) is 11.0 Å². The second-order valence-electron chi connectivity index (χ2n) is 3.13. The third-order valence-electron chi connectivity index (χ3n) is 2.14. The summed E-state index contributed by atoms with van der Waals surface area (Å²) in [5, 5.41) is 12.7. The van der Waals surface area contributed by atoms with Gasteiger partial charge >= 0.3 is 0 Å². The lowest BCUT2D eigenvalue weighted by molar-refractivity contribution is 0.871. The summed E-state index contributed by atoms with van der Waals surface area (Å²) >= 11 is 0. The average Bonchev–Trinajstić information content (AvgIpc) is 2.78. The molecule has 2 aromatic rings. The van der Waals surface area contributed by atoms with Crippen molar-refractivity contribution in [1.82, 2.24) is 9.78 Å². The Morgan fingerprint density at radius 3 is 2.53 bits per heavy atom. The van der Waals surface area contributed by atoms with Crippen LogP contribution in [0.5, 0.6) is 0 Å². The summed E-state index contributed by atoms with van der Waals surface area (Å²) in [7, 11) is 0. The summed E-state index contributed by atoms with van der Waals surface area (Å²) in [6, 6.07) is 11.4. The molecule has 15 heavy (non-hydrogen) atoms. The molecule has 0 unspecified atom stereocenters. The van der Waals surface area contributed by atoms with Crippen molar-refractivity contribution in [1.29, 1.82) is 5.26 Å².